The second-order valence-corrected chi connectivity index (χ2v) is 7.56. The lowest BCUT2D eigenvalue weighted by molar-refractivity contribution is 0.0453. The Kier molecular flexibility index (Phi) is 10.4. The number of benzene rings is 2. The largest absolute Gasteiger partial charge is 0.379 e. The van der Waals surface area contributed by atoms with Crippen LogP contribution in [0.4, 0.5) is 0 Å². The Labute approximate surface area is 196 Å². The lowest BCUT2D eigenvalue weighted by Gasteiger charge is -2.12. The monoisotopic (exact) mass is 449 g/mol. The van der Waals surface area contributed by atoms with Gasteiger partial charge in [0, 0.05) is 32.1 Å². The van der Waals surface area contributed by atoms with E-state index in [0.29, 0.717) is 26.4 Å². The summed E-state index contributed by atoms with van der Waals surface area (Å²) in [4.78, 5) is 4.75. The third-order valence-electron chi connectivity index (χ3n) is 5.01. The Hall–Kier alpha value is -3.16. The number of ether oxygens (including phenoxy) is 2. The van der Waals surface area contributed by atoms with Gasteiger partial charge in [0.1, 0.15) is 0 Å². The molecule has 0 fully saturated rings. The highest BCUT2D eigenvalue weighted by molar-refractivity contribution is 5.79. The van der Waals surface area contributed by atoms with Crippen LogP contribution in [0.3, 0.4) is 0 Å². The van der Waals surface area contributed by atoms with Gasteiger partial charge in [-0.15, -0.1) is 0 Å². The highest BCUT2D eigenvalue weighted by Gasteiger charge is 2.01. The van der Waals surface area contributed by atoms with Crippen molar-refractivity contribution in [1.82, 2.24) is 20.4 Å². The van der Waals surface area contributed by atoms with E-state index in [1.54, 1.807) is 6.20 Å². The first-order chi connectivity index (χ1) is 16.3. The minimum Gasteiger partial charge on any atom is -0.379 e. The zero-order valence-corrected chi connectivity index (χ0v) is 19.7. The molecule has 1 heterocycles. The molecule has 3 rings (SSSR count). The first-order valence-corrected chi connectivity index (χ1v) is 11.6. The highest BCUT2D eigenvalue weighted by Crippen LogP contribution is 2.10. The van der Waals surface area contributed by atoms with Gasteiger partial charge in [-0.05, 0) is 55.2 Å². The van der Waals surface area contributed by atoms with Crippen LogP contribution in [0.1, 0.15) is 30.5 Å². The molecule has 0 unspecified atom stereocenters. The Morgan fingerprint density at radius 2 is 1.76 bits per heavy atom. The lowest BCUT2D eigenvalue weighted by Crippen LogP contribution is -2.38. The summed E-state index contributed by atoms with van der Waals surface area (Å²) in [5, 5.41) is 11.0. The van der Waals surface area contributed by atoms with Gasteiger partial charge in [0.15, 0.2) is 5.96 Å². The lowest BCUT2D eigenvalue weighted by atomic mass is 10.1. The van der Waals surface area contributed by atoms with Gasteiger partial charge in [0.25, 0.3) is 0 Å². The predicted octanol–water partition coefficient (Wildman–Crippen LogP) is 3.72. The fourth-order valence-electron chi connectivity index (χ4n) is 3.34. The number of aliphatic imine (C=N–C) groups is 1. The van der Waals surface area contributed by atoms with Gasteiger partial charge in [-0.3, -0.25) is 0 Å². The SMILES string of the molecule is CCNC(=NCc1cccc(COCCOCC)c1)NCCc1ccc(-n2cccn2)cc1. The van der Waals surface area contributed by atoms with Crippen molar-refractivity contribution in [2.75, 3.05) is 32.9 Å². The first kappa shape index (κ1) is 24.5. The minimum atomic E-state index is 0.585. The Morgan fingerprint density at radius 3 is 2.52 bits per heavy atom. The number of guanidine groups is 1. The maximum Gasteiger partial charge on any atom is 0.191 e. The zero-order chi connectivity index (χ0) is 23.1. The van der Waals surface area contributed by atoms with E-state index in [9.17, 15) is 0 Å². The standard InChI is InChI=1S/C26H35N5O2/c1-3-27-26(28-15-13-22-9-11-25(12-10-22)31-16-6-14-30-31)29-20-23-7-5-8-24(19-23)21-33-18-17-32-4-2/h5-12,14,16,19H,3-4,13,15,17-18,20-21H2,1-2H3,(H2,27,28,29). The molecule has 0 radical (unpaired) electrons. The third-order valence-corrected chi connectivity index (χ3v) is 5.01. The van der Waals surface area contributed by atoms with Gasteiger partial charge in [-0.25, -0.2) is 9.67 Å². The van der Waals surface area contributed by atoms with Crippen LogP contribution in [-0.2, 0) is 29.0 Å². The molecule has 0 aliphatic heterocycles. The van der Waals surface area contributed by atoms with E-state index in [1.807, 2.05) is 23.9 Å². The molecular weight excluding hydrogens is 414 g/mol. The molecule has 0 saturated carbocycles. The number of hydrogen-bond donors (Lipinski definition) is 2. The summed E-state index contributed by atoms with van der Waals surface area (Å²) < 4.78 is 12.8. The number of rotatable bonds is 13. The summed E-state index contributed by atoms with van der Waals surface area (Å²) in [5.74, 6) is 0.823. The summed E-state index contributed by atoms with van der Waals surface area (Å²) in [6, 6.07) is 18.8. The van der Waals surface area contributed by atoms with Crippen molar-refractivity contribution in [3.8, 4) is 5.69 Å². The summed E-state index contributed by atoms with van der Waals surface area (Å²) >= 11 is 0. The summed E-state index contributed by atoms with van der Waals surface area (Å²) in [5.41, 5.74) is 4.64. The number of nitrogens with zero attached hydrogens (tertiary/aromatic N) is 3. The molecule has 7 heteroatoms. The smallest absolute Gasteiger partial charge is 0.191 e. The van der Waals surface area contributed by atoms with Crippen molar-refractivity contribution in [3.63, 3.8) is 0 Å². The Balaban J connectivity index is 1.46. The molecule has 7 nitrogen and oxygen atoms in total. The van der Waals surface area contributed by atoms with Gasteiger partial charge >= 0.3 is 0 Å². The topological polar surface area (TPSA) is 72.7 Å². The van der Waals surface area contributed by atoms with Crippen LogP contribution >= 0.6 is 0 Å². The maximum absolute atomic E-state index is 5.67. The molecule has 176 valence electrons. The van der Waals surface area contributed by atoms with Gasteiger partial charge in [0.2, 0.25) is 0 Å². The minimum absolute atomic E-state index is 0.585. The number of aromatic nitrogens is 2. The fraction of sp³-hybridized carbons (Fsp3) is 0.385. The molecule has 2 aromatic carbocycles. The second-order valence-electron chi connectivity index (χ2n) is 7.56. The summed E-state index contributed by atoms with van der Waals surface area (Å²) in [6.45, 7) is 8.84. The van der Waals surface area contributed by atoms with Gasteiger partial charge in [-0.1, -0.05) is 36.4 Å². The predicted molar refractivity (Wildman–Crippen MR) is 133 cm³/mol. The first-order valence-electron chi connectivity index (χ1n) is 11.6. The molecule has 0 atom stereocenters. The number of nitrogens with one attached hydrogen (secondary N) is 2. The fourth-order valence-corrected chi connectivity index (χ4v) is 3.34. The van der Waals surface area contributed by atoms with E-state index in [1.165, 1.54) is 5.56 Å². The zero-order valence-electron chi connectivity index (χ0n) is 19.7. The van der Waals surface area contributed by atoms with Crippen LogP contribution < -0.4 is 10.6 Å². The Morgan fingerprint density at radius 1 is 0.939 bits per heavy atom. The van der Waals surface area contributed by atoms with Crippen LogP contribution in [-0.4, -0.2) is 48.7 Å². The van der Waals surface area contributed by atoms with Crippen molar-refractivity contribution < 1.29 is 9.47 Å². The van der Waals surface area contributed by atoms with Gasteiger partial charge in [0.05, 0.1) is 32.1 Å². The van der Waals surface area contributed by atoms with Gasteiger partial charge < -0.3 is 20.1 Å². The molecule has 0 spiro atoms. The highest BCUT2D eigenvalue weighted by atomic mass is 16.5. The van der Waals surface area contributed by atoms with E-state index in [2.05, 4.69) is 71.2 Å². The van der Waals surface area contributed by atoms with Crippen LogP contribution in [0.2, 0.25) is 0 Å². The van der Waals surface area contributed by atoms with Crippen molar-refractivity contribution >= 4 is 5.96 Å². The molecule has 33 heavy (non-hydrogen) atoms. The van der Waals surface area contributed by atoms with E-state index in [4.69, 9.17) is 14.5 Å². The molecule has 0 bridgehead atoms. The van der Waals surface area contributed by atoms with Crippen molar-refractivity contribution in [2.24, 2.45) is 4.99 Å². The average molecular weight is 450 g/mol. The van der Waals surface area contributed by atoms with E-state index >= 15 is 0 Å². The molecule has 1 aromatic heterocycles. The van der Waals surface area contributed by atoms with E-state index < -0.39 is 0 Å². The molecule has 0 amide bonds. The van der Waals surface area contributed by atoms with Crippen LogP contribution in [0, 0.1) is 0 Å². The van der Waals surface area contributed by atoms with Gasteiger partial charge in [-0.2, -0.15) is 5.10 Å². The van der Waals surface area contributed by atoms with Crippen molar-refractivity contribution in [1.29, 1.82) is 0 Å². The van der Waals surface area contributed by atoms with Crippen LogP contribution in [0.15, 0.2) is 72.0 Å². The molecule has 0 aliphatic rings. The Bertz CT molecular complexity index is 955. The maximum atomic E-state index is 5.67. The van der Waals surface area contributed by atoms with Crippen molar-refractivity contribution in [2.45, 2.75) is 33.4 Å². The van der Waals surface area contributed by atoms with E-state index in [0.717, 1.165) is 48.9 Å². The van der Waals surface area contributed by atoms with Crippen LogP contribution in [0.5, 0.6) is 0 Å². The normalized spacial score (nSPS) is 11.5. The molecule has 3 aromatic rings. The van der Waals surface area contributed by atoms with E-state index in [-0.39, 0.29) is 0 Å². The second kappa shape index (κ2) is 14.1. The van der Waals surface area contributed by atoms with Crippen molar-refractivity contribution in [3.05, 3.63) is 83.7 Å². The third kappa shape index (κ3) is 8.71. The summed E-state index contributed by atoms with van der Waals surface area (Å²) in [6.07, 6.45) is 4.65. The molecule has 2 N–H and O–H groups in total. The summed E-state index contributed by atoms with van der Waals surface area (Å²) in [7, 11) is 0. The molecular formula is C26H35N5O2. The molecule has 0 aliphatic carbocycles. The number of hydrogen-bond acceptors (Lipinski definition) is 4. The molecule has 0 saturated heterocycles. The quantitative estimate of drug-likeness (QED) is 0.236. The van der Waals surface area contributed by atoms with Crippen LogP contribution in [0.25, 0.3) is 5.69 Å². The average Bonchev–Trinajstić information content (AvgIpc) is 3.38.